The Morgan fingerprint density at radius 3 is 2.52 bits per heavy atom. The Morgan fingerprint density at radius 1 is 1.09 bits per heavy atom. The standard InChI is InChI=1S/C25H24F3N3O2/c26-25(27,28)23(20-7-3-4-14-29-20)30-21(32)10-12-24(13-11-22(33)31-24)16-17-8-9-18-5-1-2-6-19(18)15-17/h1-9,14-15,23H,10-13,16H2,(H,30,32)(H,31,33)/t23-,24+/m1/s1. The van der Waals surface area contributed by atoms with Gasteiger partial charge in [0.1, 0.15) is 0 Å². The lowest BCUT2D eigenvalue weighted by molar-refractivity contribution is -0.164. The summed E-state index contributed by atoms with van der Waals surface area (Å²) in [6.07, 6.45) is -1.97. The van der Waals surface area contributed by atoms with Gasteiger partial charge in [0.2, 0.25) is 11.8 Å². The van der Waals surface area contributed by atoms with Crippen LogP contribution in [0.25, 0.3) is 10.8 Å². The summed E-state index contributed by atoms with van der Waals surface area (Å²) >= 11 is 0. The van der Waals surface area contributed by atoms with Gasteiger partial charge in [-0.1, -0.05) is 48.5 Å². The summed E-state index contributed by atoms with van der Waals surface area (Å²) in [7, 11) is 0. The van der Waals surface area contributed by atoms with Crippen LogP contribution in [0.1, 0.15) is 43.0 Å². The second-order valence-corrected chi connectivity index (χ2v) is 8.48. The van der Waals surface area contributed by atoms with Crippen LogP contribution < -0.4 is 10.6 Å². The Hall–Kier alpha value is -3.42. The molecule has 2 amide bonds. The Kier molecular flexibility index (Phi) is 6.35. The first-order valence-corrected chi connectivity index (χ1v) is 10.8. The summed E-state index contributed by atoms with van der Waals surface area (Å²) < 4.78 is 40.6. The quantitative estimate of drug-likeness (QED) is 0.546. The van der Waals surface area contributed by atoms with E-state index in [0.29, 0.717) is 19.3 Å². The van der Waals surface area contributed by atoms with E-state index in [1.54, 1.807) is 0 Å². The van der Waals surface area contributed by atoms with Crippen LogP contribution in [0.2, 0.25) is 0 Å². The molecule has 0 spiro atoms. The molecular formula is C25H24F3N3O2. The Labute approximate surface area is 189 Å². The Bertz CT molecular complexity index is 1150. The fraction of sp³-hybridized carbons (Fsp3) is 0.320. The average molecular weight is 455 g/mol. The molecule has 172 valence electrons. The van der Waals surface area contributed by atoms with E-state index >= 15 is 0 Å². The van der Waals surface area contributed by atoms with E-state index in [1.165, 1.54) is 24.4 Å². The molecule has 5 nitrogen and oxygen atoms in total. The molecule has 2 N–H and O–H groups in total. The summed E-state index contributed by atoms with van der Waals surface area (Å²) in [5, 5.41) is 7.22. The van der Waals surface area contributed by atoms with Crippen molar-refractivity contribution in [3.8, 4) is 0 Å². The van der Waals surface area contributed by atoms with Crippen LogP contribution >= 0.6 is 0 Å². The maximum Gasteiger partial charge on any atom is 0.414 e. The van der Waals surface area contributed by atoms with E-state index in [2.05, 4.69) is 15.6 Å². The number of hydrogen-bond acceptors (Lipinski definition) is 3. The largest absolute Gasteiger partial charge is 0.414 e. The normalized spacial score (nSPS) is 19.3. The van der Waals surface area contributed by atoms with Gasteiger partial charge in [0.05, 0.1) is 5.69 Å². The Morgan fingerprint density at radius 2 is 1.85 bits per heavy atom. The number of fused-ring (bicyclic) bond motifs is 1. The van der Waals surface area contributed by atoms with E-state index in [4.69, 9.17) is 0 Å². The second-order valence-electron chi connectivity index (χ2n) is 8.48. The van der Waals surface area contributed by atoms with Crippen LogP contribution in [0, 0.1) is 0 Å². The first-order valence-electron chi connectivity index (χ1n) is 10.8. The molecule has 8 heteroatoms. The van der Waals surface area contributed by atoms with Crippen LogP contribution in [0.5, 0.6) is 0 Å². The molecule has 2 heterocycles. The summed E-state index contributed by atoms with van der Waals surface area (Å²) in [6, 6.07) is 16.0. The third-order valence-corrected chi connectivity index (χ3v) is 6.04. The van der Waals surface area contributed by atoms with E-state index in [9.17, 15) is 22.8 Å². The SMILES string of the molecule is O=C(CC[C@@]1(Cc2ccc3ccccc3c2)CCC(=O)N1)N[C@H](c1ccccn1)C(F)(F)F. The van der Waals surface area contributed by atoms with E-state index in [1.807, 2.05) is 42.5 Å². The zero-order valence-corrected chi connectivity index (χ0v) is 17.9. The van der Waals surface area contributed by atoms with Crippen molar-refractivity contribution in [1.82, 2.24) is 15.6 Å². The molecule has 4 rings (SSSR count). The monoisotopic (exact) mass is 455 g/mol. The van der Waals surface area contributed by atoms with Crippen LogP contribution in [0.4, 0.5) is 13.2 Å². The zero-order valence-electron chi connectivity index (χ0n) is 17.9. The molecule has 1 fully saturated rings. The van der Waals surface area contributed by atoms with Gasteiger partial charge in [-0.25, -0.2) is 0 Å². The van der Waals surface area contributed by atoms with E-state index in [0.717, 1.165) is 16.3 Å². The highest BCUT2D eigenvalue weighted by Crippen LogP contribution is 2.33. The molecule has 0 aliphatic carbocycles. The number of pyridine rings is 1. The maximum atomic E-state index is 13.5. The fourth-order valence-electron chi connectivity index (χ4n) is 4.38. The third kappa shape index (κ3) is 5.50. The third-order valence-electron chi connectivity index (χ3n) is 6.04. The minimum Gasteiger partial charge on any atom is -0.350 e. The van der Waals surface area contributed by atoms with Crippen LogP contribution in [-0.4, -0.2) is 28.5 Å². The molecule has 0 radical (unpaired) electrons. The number of rotatable bonds is 7. The van der Waals surface area contributed by atoms with Crippen LogP contribution in [0.3, 0.4) is 0 Å². The van der Waals surface area contributed by atoms with Gasteiger partial charge in [0, 0.05) is 24.6 Å². The smallest absolute Gasteiger partial charge is 0.350 e. The van der Waals surface area contributed by atoms with Crippen molar-refractivity contribution in [2.24, 2.45) is 0 Å². The predicted octanol–water partition coefficient (Wildman–Crippen LogP) is 4.63. The van der Waals surface area contributed by atoms with E-state index in [-0.39, 0.29) is 24.4 Å². The molecule has 0 unspecified atom stereocenters. The molecule has 33 heavy (non-hydrogen) atoms. The van der Waals surface area contributed by atoms with Gasteiger partial charge >= 0.3 is 6.18 Å². The zero-order chi connectivity index (χ0) is 23.5. The van der Waals surface area contributed by atoms with Crippen molar-refractivity contribution < 1.29 is 22.8 Å². The van der Waals surface area contributed by atoms with Crippen molar-refractivity contribution in [1.29, 1.82) is 0 Å². The van der Waals surface area contributed by atoms with Gasteiger partial charge in [-0.05, 0) is 47.7 Å². The molecule has 1 aliphatic heterocycles. The lowest BCUT2D eigenvalue weighted by atomic mass is 9.84. The molecule has 1 saturated heterocycles. The summed E-state index contributed by atoms with van der Waals surface area (Å²) in [6.45, 7) is 0. The van der Waals surface area contributed by atoms with Gasteiger partial charge in [0.15, 0.2) is 6.04 Å². The number of benzene rings is 2. The molecule has 1 aromatic heterocycles. The van der Waals surface area contributed by atoms with Gasteiger partial charge in [-0.2, -0.15) is 13.2 Å². The molecule has 0 saturated carbocycles. The van der Waals surface area contributed by atoms with E-state index < -0.39 is 23.7 Å². The van der Waals surface area contributed by atoms with Crippen molar-refractivity contribution in [2.45, 2.75) is 49.9 Å². The first-order chi connectivity index (χ1) is 15.7. The number of aromatic nitrogens is 1. The highest BCUT2D eigenvalue weighted by atomic mass is 19.4. The molecule has 2 aromatic carbocycles. The second kappa shape index (κ2) is 9.21. The number of halogens is 3. The summed E-state index contributed by atoms with van der Waals surface area (Å²) in [5.74, 6) is -0.847. The summed E-state index contributed by atoms with van der Waals surface area (Å²) in [4.78, 5) is 28.3. The first kappa shape index (κ1) is 22.8. The van der Waals surface area contributed by atoms with Gasteiger partial charge in [0.25, 0.3) is 0 Å². The molecule has 1 aliphatic rings. The number of nitrogens with one attached hydrogen (secondary N) is 2. The predicted molar refractivity (Wildman–Crippen MR) is 118 cm³/mol. The number of alkyl halides is 3. The van der Waals surface area contributed by atoms with Gasteiger partial charge in [-0.3, -0.25) is 14.6 Å². The lowest BCUT2D eigenvalue weighted by Gasteiger charge is -2.30. The highest BCUT2D eigenvalue weighted by molar-refractivity contribution is 5.83. The van der Waals surface area contributed by atoms with Crippen molar-refractivity contribution >= 4 is 22.6 Å². The molecule has 2 atom stereocenters. The Balaban J connectivity index is 1.47. The molecule has 3 aromatic rings. The minimum atomic E-state index is -4.67. The van der Waals surface area contributed by atoms with Gasteiger partial charge < -0.3 is 10.6 Å². The molecular weight excluding hydrogens is 431 g/mol. The fourth-order valence-corrected chi connectivity index (χ4v) is 4.38. The van der Waals surface area contributed by atoms with Crippen molar-refractivity contribution in [2.75, 3.05) is 0 Å². The number of hydrogen-bond donors (Lipinski definition) is 2. The topological polar surface area (TPSA) is 71.1 Å². The number of amides is 2. The average Bonchev–Trinajstić information content (AvgIpc) is 3.16. The maximum absolute atomic E-state index is 13.5. The van der Waals surface area contributed by atoms with Crippen LogP contribution in [0.15, 0.2) is 66.9 Å². The summed E-state index contributed by atoms with van der Waals surface area (Å²) in [5.41, 5.74) is 0.0617. The van der Waals surface area contributed by atoms with Crippen molar-refractivity contribution in [3.05, 3.63) is 78.1 Å². The number of carbonyl (C=O) groups excluding carboxylic acids is 2. The van der Waals surface area contributed by atoms with Crippen molar-refractivity contribution in [3.63, 3.8) is 0 Å². The molecule has 0 bridgehead atoms. The highest BCUT2D eigenvalue weighted by Gasteiger charge is 2.43. The number of nitrogens with zero attached hydrogens (tertiary/aromatic N) is 1. The van der Waals surface area contributed by atoms with Gasteiger partial charge in [-0.15, -0.1) is 0 Å². The number of carbonyl (C=O) groups is 2. The lowest BCUT2D eigenvalue weighted by Crippen LogP contribution is -2.45. The minimum absolute atomic E-state index is 0.113. The van der Waals surface area contributed by atoms with Crippen LogP contribution in [-0.2, 0) is 16.0 Å².